The highest BCUT2D eigenvalue weighted by Crippen LogP contribution is 2.30. The number of para-hydroxylation sites is 2. The van der Waals surface area contributed by atoms with Gasteiger partial charge in [-0.15, -0.1) is 0 Å². The number of hydrogen-bond acceptors (Lipinski definition) is 4. The zero-order valence-corrected chi connectivity index (χ0v) is 10.9. The summed E-state index contributed by atoms with van der Waals surface area (Å²) in [5, 5.41) is 8.93. The van der Waals surface area contributed by atoms with Crippen LogP contribution in [0.3, 0.4) is 0 Å². The molecule has 4 heteroatoms. The minimum atomic E-state index is 0.392. The summed E-state index contributed by atoms with van der Waals surface area (Å²) >= 11 is 0. The molecular weight excluding hydrogens is 240 g/mol. The van der Waals surface area contributed by atoms with Crippen molar-refractivity contribution in [1.29, 1.82) is 5.26 Å². The summed E-state index contributed by atoms with van der Waals surface area (Å²) in [7, 11) is 0. The lowest BCUT2D eigenvalue weighted by atomic mass is 10.2. The van der Waals surface area contributed by atoms with Gasteiger partial charge in [0.25, 0.3) is 0 Å². The molecule has 0 radical (unpaired) electrons. The molecule has 0 aliphatic rings. The molecule has 0 spiro atoms. The Bertz CT molecular complexity index is 618. The maximum atomic E-state index is 8.93. The van der Waals surface area contributed by atoms with Crippen LogP contribution in [0.5, 0.6) is 17.4 Å². The van der Waals surface area contributed by atoms with E-state index in [1.165, 1.54) is 0 Å². The van der Waals surface area contributed by atoms with Gasteiger partial charge in [0.15, 0.2) is 11.5 Å². The second-order valence-electron chi connectivity index (χ2n) is 3.93. The molecule has 0 fully saturated rings. The first-order valence-corrected chi connectivity index (χ1v) is 6.01. The number of ether oxygens (including phenoxy) is 2. The molecule has 4 nitrogen and oxygen atoms in total. The molecule has 2 rings (SSSR count). The topological polar surface area (TPSA) is 55.1 Å². The highest BCUT2D eigenvalue weighted by Gasteiger charge is 2.07. The van der Waals surface area contributed by atoms with E-state index in [0.29, 0.717) is 29.5 Å². The Labute approximate surface area is 112 Å². The summed E-state index contributed by atoms with van der Waals surface area (Å²) in [5.74, 6) is 1.64. The van der Waals surface area contributed by atoms with E-state index < -0.39 is 0 Å². The van der Waals surface area contributed by atoms with Crippen LogP contribution < -0.4 is 9.47 Å². The van der Waals surface area contributed by atoms with Gasteiger partial charge in [-0.1, -0.05) is 12.1 Å². The van der Waals surface area contributed by atoms with Gasteiger partial charge in [-0.3, -0.25) is 0 Å². The van der Waals surface area contributed by atoms with Crippen molar-refractivity contribution in [1.82, 2.24) is 4.98 Å². The van der Waals surface area contributed by atoms with Crippen LogP contribution >= 0.6 is 0 Å². The highest BCUT2D eigenvalue weighted by atomic mass is 16.5. The number of aromatic nitrogens is 1. The van der Waals surface area contributed by atoms with E-state index in [2.05, 4.69) is 11.1 Å². The Morgan fingerprint density at radius 2 is 1.95 bits per heavy atom. The van der Waals surface area contributed by atoms with Crippen molar-refractivity contribution in [2.45, 2.75) is 13.8 Å². The molecule has 0 bridgehead atoms. The van der Waals surface area contributed by atoms with Crippen molar-refractivity contribution in [3.63, 3.8) is 0 Å². The van der Waals surface area contributed by atoms with E-state index in [1.807, 2.05) is 32.0 Å². The van der Waals surface area contributed by atoms with Crippen molar-refractivity contribution in [2.24, 2.45) is 0 Å². The van der Waals surface area contributed by atoms with E-state index >= 15 is 0 Å². The molecule has 0 saturated heterocycles. The van der Waals surface area contributed by atoms with Gasteiger partial charge >= 0.3 is 0 Å². The van der Waals surface area contributed by atoms with Gasteiger partial charge in [0, 0.05) is 11.8 Å². The number of pyridine rings is 1. The van der Waals surface area contributed by atoms with Crippen LogP contribution in [0.1, 0.15) is 18.2 Å². The third-order valence-electron chi connectivity index (χ3n) is 2.42. The molecule has 1 aromatic heterocycles. The summed E-state index contributed by atoms with van der Waals surface area (Å²) in [6, 6.07) is 12.8. The quantitative estimate of drug-likeness (QED) is 0.838. The average molecular weight is 254 g/mol. The second-order valence-corrected chi connectivity index (χ2v) is 3.93. The molecule has 1 aromatic carbocycles. The number of nitrogens with zero attached hydrogens (tertiary/aromatic N) is 2. The molecule has 0 saturated carbocycles. The van der Waals surface area contributed by atoms with Crippen LogP contribution in [0, 0.1) is 18.3 Å². The molecular formula is C15H14N2O2. The van der Waals surface area contributed by atoms with E-state index in [4.69, 9.17) is 14.7 Å². The SMILES string of the molecule is CCOc1ccccc1Oc1cc(C#N)cc(C)n1. The smallest absolute Gasteiger partial charge is 0.220 e. The van der Waals surface area contributed by atoms with Gasteiger partial charge in [0.1, 0.15) is 0 Å². The first kappa shape index (κ1) is 12.9. The monoisotopic (exact) mass is 254 g/mol. The summed E-state index contributed by atoms with van der Waals surface area (Å²) < 4.78 is 11.2. The molecule has 0 aliphatic heterocycles. The first-order chi connectivity index (χ1) is 9.22. The molecule has 96 valence electrons. The van der Waals surface area contributed by atoms with Crippen molar-refractivity contribution in [3.05, 3.63) is 47.7 Å². The third kappa shape index (κ3) is 3.23. The van der Waals surface area contributed by atoms with Gasteiger partial charge in [0.05, 0.1) is 18.2 Å². The van der Waals surface area contributed by atoms with Crippen molar-refractivity contribution in [2.75, 3.05) is 6.61 Å². The van der Waals surface area contributed by atoms with Crippen LogP contribution in [0.2, 0.25) is 0 Å². The van der Waals surface area contributed by atoms with Crippen molar-refractivity contribution in [3.8, 4) is 23.4 Å². The first-order valence-electron chi connectivity index (χ1n) is 6.01. The number of hydrogen-bond donors (Lipinski definition) is 0. The van der Waals surface area contributed by atoms with Crippen LogP contribution in [-0.4, -0.2) is 11.6 Å². The summed E-state index contributed by atoms with van der Waals surface area (Å²) in [6.07, 6.45) is 0. The Morgan fingerprint density at radius 1 is 1.21 bits per heavy atom. The van der Waals surface area contributed by atoms with Gasteiger partial charge in [-0.2, -0.15) is 5.26 Å². The normalized spacial score (nSPS) is 9.74. The molecule has 2 aromatic rings. The number of aryl methyl sites for hydroxylation is 1. The largest absolute Gasteiger partial charge is 0.490 e. The Morgan fingerprint density at radius 3 is 2.63 bits per heavy atom. The fourth-order valence-electron chi connectivity index (χ4n) is 1.68. The van der Waals surface area contributed by atoms with E-state index in [1.54, 1.807) is 18.2 Å². The molecule has 0 aliphatic carbocycles. The minimum Gasteiger partial charge on any atom is -0.490 e. The van der Waals surface area contributed by atoms with Crippen LogP contribution in [0.25, 0.3) is 0 Å². The second kappa shape index (κ2) is 5.87. The maximum Gasteiger partial charge on any atom is 0.220 e. The summed E-state index contributed by atoms with van der Waals surface area (Å²) in [5.41, 5.74) is 1.26. The molecule has 0 atom stereocenters. The summed E-state index contributed by atoms with van der Waals surface area (Å²) in [4.78, 5) is 4.25. The van der Waals surface area contributed by atoms with Crippen LogP contribution in [-0.2, 0) is 0 Å². The maximum absolute atomic E-state index is 8.93. The van der Waals surface area contributed by atoms with Gasteiger partial charge < -0.3 is 9.47 Å². The highest BCUT2D eigenvalue weighted by molar-refractivity contribution is 5.43. The minimum absolute atomic E-state index is 0.392. The van der Waals surface area contributed by atoms with E-state index in [9.17, 15) is 0 Å². The molecule has 0 unspecified atom stereocenters. The van der Waals surface area contributed by atoms with Crippen LogP contribution in [0.15, 0.2) is 36.4 Å². The van der Waals surface area contributed by atoms with Crippen molar-refractivity contribution >= 4 is 0 Å². The van der Waals surface area contributed by atoms with Gasteiger partial charge in [0.2, 0.25) is 5.88 Å². The predicted molar refractivity (Wildman–Crippen MR) is 71.4 cm³/mol. The third-order valence-corrected chi connectivity index (χ3v) is 2.42. The lowest BCUT2D eigenvalue weighted by Gasteiger charge is -2.11. The Balaban J connectivity index is 2.31. The summed E-state index contributed by atoms with van der Waals surface area (Å²) in [6.45, 7) is 4.29. The predicted octanol–water partition coefficient (Wildman–Crippen LogP) is 3.45. The molecule has 0 amide bonds. The number of nitriles is 1. The van der Waals surface area contributed by atoms with Crippen LogP contribution in [0.4, 0.5) is 0 Å². The molecule has 0 N–H and O–H groups in total. The Hall–Kier alpha value is -2.54. The lowest BCUT2D eigenvalue weighted by Crippen LogP contribution is -1.96. The Kier molecular flexibility index (Phi) is 3.99. The van der Waals surface area contributed by atoms with Crippen molar-refractivity contribution < 1.29 is 9.47 Å². The van der Waals surface area contributed by atoms with Gasteiger partial charge in [-0.25, -0.2) is 4.98 Å². The standard InChI is InChI=1S/C15H14N2O2/c1-3-18-13-6-4-5-7-14(13)19-15-9-12(10-16)8-11(2)17-15/h4-9H,3H2,1-2H3. The fraction of sp³-hybridized carbons (Fsp3) is 0.200. The lowest BCUT2D eigenvalue weighted by molar-refractivity contribution is 0.319. The zero-order chi connectivity index (χ0) is 13.7. The number of benzene rings is 1. The zero-order valence-electron chi connectivity index (χ0n) is 10.9. The average Bonchev–Trinajstić information content (AvgIpc) is 2.40. The number of rotatable bonds is 4. The molecule has 1 heterocycles. The van der Waals surface area contributed by atoms with E-state index in [-0.39, 0.29) is 0 Å². The fourth-order valence-corrected chi connectivity index (χ4v) is 1.68. The molecule has 19 heavy (non-hydrogen) atoms. The van der Waals surface area contributed by atoms with Gasteiger partial charge in [-0.05, 0) is 32.0 Å². The van der Waals surface area contributed by atoms with E-state index in [0.717, 1.165) is 5.69 Å².